The summed E-state index contributed by atoms with van der Waals surface area (Å²) in [6.07, 6.45) is 0. The maximum Gasteiger partial charge on any atom is 0.338 e. The Balaban J connectivity index is 1.77. The molecule has 0 saturated heterocycles. The molecule has 0 spiro atoms. The predicted molar refractivity (Wildman–Crippen MR) is 138 cm³/mol. The Bertz CT molecular complexity index is 1760. The van der Waals surface area contributed by atoms with Crippen molar-refractivity contribution in [1.29, 1.82) is 0 Å². The van der Waals surface area contributed by atoms with Crippen molar-refractivity contribution in [2.24, 2.45) is 0 Å². The molecule has 0 N–H and O–H groups in total. The van der Waals surface area contributed by atoms with E-state index in [1.807, 2.05) is 37.3 Å². The van der Waals surface area contributed by atoms with Crippen LogP contribution in [0.1, 0.15) is 33.1 Å². The number of aromatic nitrogens is 4. The molecular formula is C28H24N4O5. The number of pyridine rings is 1. The van der Waals surface area contributed by atoms with Crippen molar-refractivity contribution in [3.05, 3.63) is 110 Å². The van der Waals surface area contributed by atoms with Gasteiger partial charge in [0.1, 0.15) is 11.5 Å². The minimum atomic E-state index is -0.698. The molecule has 5 aromatic rings. The van der Waals surface area contributed by atoms with E-state index in [1.165, 1.54) is 17.7 Å². The molecule has 9 nitrogen and oxygen atoms in total. The molecule has 0 atom stereocenters. The normalized spacial score (nSPS) is 11.1. The van der Waals surface area contributed by atoms with E-state index in [0.717, 1.165) is 15.7 Å². The fourth-order valence-electron chi connectivity index (χ4n) is 4.23. The largest absolute Gasteiger partial charge is 0.465 e. The second kappa shape index (κ2) is 9.34. The molecule has 0 aliphatic carbocycles. The van der Waals surface area contributed by atoms with Crippen molar-refractivity contribution in [1.82, 2.24) is 19.1 Å². The highest BCUT2D eigenvalue weighted by molar-refractivity contribution is 6.02. The van der Waals surface area contributed by atoms with Crippen LogP contribution in [-0.4, -0.2) is 32.2 Å². The smallest absolute Gasteiger partial charge is 0.338 e. The van der Waals surface area contributed by atoms with E-state index in [4.69, 9.17) is 9.15 Å². The van der Waals surface area contributed by atoms with Crippen molar-refractivity contribution in [2.45, 2.75) is 27.3 Å². The van der Waals surface area contributed by atoms with Gasteiger partial charge in [-0.2, -0.15) is 0 Å². The van der Waals surface area contributed by atoms with Gasteiger partial charge in [-0.25, -0.2) is 24.1 Å². The van der Waals surface area contributed by atoms with E-state index < -0.39 is 17.2 Å². The molecule has 0 unspecified atom stereocenters. The molecule has 0 radical (unpaired) electrons. The Labute approximate surface area is 211 Å². The van der Waals surface area contributed by atoms with Gasteiger partial charge < -0.3 is 9.15 Å². The first-order valence-corrected chi connectivity index (χ1v) is 11.6. The molecule has 9 heteroatoms. The number of ether oxygens (including phenoxy) is 1. The summed E-state index contributed by atoms with van der Waals surface area (Å²) in [5, 5.41) is -0.0131. The number of hydrogen-bond acceptors (Lipinski definition) is 7. The van der Waals surface area contributed by atoms with Crippen LogP contribution in [0.15, 0.2) is 74.7 Å². The summed E-state index contributed by atoms with van der Waals surface area (Å²) in [6, 6.07) is 18.0. The molecule has 5 rings (SSSR count). The Morgan fingerprint density at radius 3 is 2.35 bits per heavy atom. The highest BCUT2D eigenvalue weighted by Gasteiger charge is 2.24. The molecule has 186 valence electrons. The predicted octanol–water partition coefficient (Wildman–Crippen LogP) is 3.96. The van der Waals surface area contributed by atoms with Gasteiger partial charge in [0.25, 0.3) is 5.56 Å². The number of oxazole rings is 1. The van der Waals surface area contributed by atoms with Crippen molar-refractivity contribution in [2.75, 3.05) is 7.11 Å². The third-order valence-corrected chi connectivity index (χ3v) is 6.14. The van der Waals surface area contributed by atoms with Gasteiger partial charge in [-0.05, 0) is 51.1 Å². The summed E-state index contributed by atoms with van der Waals surface area (Å²) in [5.41, 5.74) is 2.09. The third-order valence-electron chi connectivity index (χ3n) is 6.14. The monoisotopic (exact) mass is 496 g/mol. The zero-order valence-corrected chi connectivity index (χ0v) is 20.8. The van der Waals surface area contributed by atoms with Gasteiger partial charge in [-0.1, -0.05) is 35.9 Å². The number of nitrogens with zero attached hydrogens (tertiary/aromatic N) is 4. The molecular weight excluding hydrogens is 472 g/mol. The quantitative estimate of drug-likeness (QED) is 0.339. The van der Waals surface area contributed by atoms with E-state index in [0.29, 0.717) is 28.7 Å². The Hall–Kier alpha value is -4.79. The number of fused-ring (bicyclic) bond motifs is 1. The molecule has 0 fully saturated rings. The lowest BCUT2D eigenvalue weighted by atomic mass is 10.1. The van der Waals surface area contributed by atoms with Gasteiger partial charge in [0.05, 0.1) is 30.3 Å². The minimum absolute atomic E-state index is 0.0131. The van der Waals surface area contributed by atoms with Crippen LogP contribution in [0.25, 0.3) is 28.2 Å². The molecule has 37 heavy (non-hydrogen) atoms. The van der Waals surface area contributed by atoms with Crippen LogP contribution in [0.5, 0.6) is 0 Å². The molecule has 0 saturated carbocycles. The maximum atomic E-state index is 13.8. The first-order valence-electron chi connectivity index (χ1n) is 11.6. The number of benzene rings is 2. The van der Waals surface area contributed by atoms with Gasteiger partial charge in [0.2, 0.25) is 5.89 Å². The number of methoxy groups -OCH3 is 1. The number of carbonyl (C=O) groups excluding carboxylic acids is 1. The summed E-state index contributed by atoms with van der Waals surface area (Å²) in [7, 11) is 1.24. The molecule has 3 aromatic heterocycles. The van der Waals surface area contributed by atoms with Crippen molar-refractivity contribution in [3.8, 4) is 17.1 Å². The molecule has 0 bridgehead atoms. The first kappa shape index (κ1) is 23.9. The van der Waals surface area contributed by atoms with Crippen LogP contribution in [0.4, 0.5) is 0 Å². The highest BCUT2D eigenvalue weighted by Crippen LogP contribution is 2.23. The number of rotatable bonds is 5. The topological polar surface area (TPSA) is 109 Å². The summed E-state index contributed by atoms with van der Waals surface area (Å²) in [4.78, 5) is 49.3. The van der Waals surface area contributed by atoms with Crippen LogP contribution in [0, 0.1) is 20.8 Å². The average Bonchev–Trinajstić information content (AvgIpc) is 3.26. The van der Waals surface area contributed by atoms with Gasteiger partial charge in [-0.3, -0.25) is 9.36 Å². The number of esters is 1. The second-order valence-electron chi connectivity index (χ2n) is 8.73. The lowest BCUT2D eigenvalue weighted by molar-refractivity contribution is 0.0602. The number of aryl methyl sites for hydroxylation is 3. The van der Waals surface area contributed by atoms with Crippen LogP contribution in [-0.2, 0) is 11.3 Å². The van der Waals surface area contributed by atoms with Crippen LogP contribution in [0.2, 0.25) is 0 Å². The van der Waals surface area contributed by atoms with E-state index in [1.54, 1.807) is 38.1 Å². The van der Waals surface area contributed by atoms with E-state index in [2.05, 4.69) is 9.97 Å². The van der Waals surface area contributed by atoms with E-state index in [9.17, 15) is 14.4 Å². The zero-order chi connectivity index (χ0) is 26.3. The standard InChI is InChI=1S/C28H24N4O5/c1-16-10-12-19(13-11-16)25-30-22(18(3)37-25)15-31-26(33)23-21(27(34)36-4)14-17(2)29-24(23)32(28(31)35)20-8-6-5-7-9-20/h5-14H,15H2,1-4H3. The lowest BCUT2D eigenvalue weighted by Gasteiger charge is -2.15. The zero-order valence-electron chi connectivity index (χ0n) is 20.8. The first-order chi connectivity index (χ1) is 17.8. The maximum absolute atomic E-state index is 13.8. The van der Waals surface area contributed by atoms with E-state index in [-0.39, 0.29) is 23.1 Å². The minimum Gasteiger partial charge on any atom is -0.465 e. The molecule has 0 aliphatic rings. The number of hydrogen-bond donors (Lipinski definition) is 0. The summed E-state index contributed by atoms with van der Waals surface area (Å²) in [6.45, 7) is 5.24. The highest BCUT2D eigenvalue weighted by atomic mass is 16.5. The number of carbonyl (C=O) groups is 1. The van der Waals surface area contributed by atoms with Crippen molar-refractivity contribution >= 4 is 17.0 Å². The molecule has 2 aromatic carbocycles. The summed E-state index contributed by atoms with van der Waals surface area (Å²) >= 11 is 0. The van der Waals surface area contributed by atoms with Gasteiger partial charge in [-0.15, -0.1) is 0 Å². The van der Waals surface area contributed by atoms with Gasteiger partial charge in [0.15, 0.2) is 5.65 Å². The second-order valence-corrected chi connectivity index (χ2v) is 8.73. The fraction of sp³-hybridized carbons (Fsp3) is 0.179. The Morgan fingerprint density at radius 2 is 1.68 bits per heavy atom. The molecule has 0 amide bonds. The number of para-hydroxylation sites is 1. The fourth-order valence-corrected chi connectivity index (χ4v) is 4.23. The lowest BCUT2D eigenvalue weighted by Crippen LogP contribution is -2.41. The third kappa shape index (κ3) is 4.24. The van der Waals surface area contributed by atoms with E-state index >= 15 is 0 Å². The van der Waals surface area contributed by atoms with Crippen molar-refractivity contribution in [3.63, 3.8) is 0 Å². The van der Waals surface area contributed by atoms with Crippen LogP contribution < -0.4 is 11.2 Å². The molecule has 3 heterocycles. The van der Waals surface area contributed by atoms with Crippen LogP contribution >= 0.6 is 0 Å². The van der Waals surface area contributed by atoms with Crippen molar-refractivity contribution < 1.29 is 13.9 Å². The SMILES string of the molecule is COC(=O)c1cc(C)nc2c1c(=O)n(Cc1nc(-c3ccc(C)cc3)oc1C)c(=O)n2-c1ccccc1. The summed E-state index contributed by atoms with van der Waals surface area (Å²) < 4.78 is 13.2. The van der Waals surface area contributed by atoms with Crippen LogP contribution in [0.3, 0.4) is 0 Å². The Kier molecular flexibility index (Phi) is 6.04. The van der Waals surface area contributed by atoms with Gasteiger partial charge in [0, 0.05) is 11.3 Å². The molecule has 0 aliphatic heterocycles. The average molecular weight is 497 g/mol. The Morgan fingerprint density at radius 1 is 0.973 bits per heavy atom. The summed E-state index contributed by atoms with van der Waals surface area (Å²) in [5.74, 6) is 0.164. The van der Waals surface area contributed by atoms with Gasteiger partial charge >= 0.3 is 11.7 Å².